The maximum atomic E-state index is 13.4. The van der Waals surface area contributed by atoms with Crippen molar-refractivity contribution in [3.05, 3.63) is 29.6 Å². The fourth-order valence-corrected chi connectivity index (χ4v) is 1.76. The average Bonchev–Trinajstić information content (AvgIpc) is 2.34. The molecule has 0 radical (unpaired) electrons. The summed E-state index contributed by atoms with van der Waals surface area (Å²) in [5.41, 5.74) is 0.931. The van der Waals surface area contributed by atoms with Gasteiger partial charge >= 0.3 is 0 Å². The SMILES string of the molecule is COc1ccc(CNCCCCCCl)cc1F. The van der Waals surface area contributed by atoms with Crippen molar-refractivity contribution in [2.75, 3.05) is 19.5 Å². The highest BCUT2D eigenvalue weighted by Gasteiger charge is 2.02. The van der Waals surface area contributed by atoms with Crippen LogP contribution in [0.5, 0.6) is 5.75 Å². The highest BCUT2D eigenvalue weighted by molar-refractivity contribution is 6.17. The molecule has 96 valence electrons. The number of halogens is 2. The molecular weight excluding hydrogens is 241 g/mol. The molecule has 1 N–H and O–H groups in total. The van der Waals surface area contributed by atoms with Crippen LogP contribution >= 0.6 is 11.6 Å². The Morgan fingerprint density at radius 1 is 1.29 bits per heavy atom. The molecule has 0 aliphatic heterocycles. The maximum absolute atomic E-state index is 13.4. The molecule has 0 spiro atoms. The van der Waals surface area contributed by atoms with Crippen LogP contribution in [0.25, 0.3) is 0 Å². The third-order valence-corrected chi connectivity index (χ3v) is 2.80. The van der Waals surface area contributed by atoms with Crippen molar-refractivity contribution in [2.45, 2.75) is 25.8 Å². The zero-order valence-corrected chi connectivity index (χ0v) is 10.9. The predicted molar refractivity (Wildman–Crippen MR) is 69.2 cm³/mol. The van der Waals surface area contributed by atoms with Gasteiger partial charge in [0, 0.05) is 12.4 Å². The molecule has 1 rings (SSSR count). The zero-order chi connectivity index (χ0) is 12.5. The van der Waals surface area contributed by atoms with Crippen molar-refractivity contribution >= 4 is 11.6 Å². The Bertz CT molecular complexity index is 333. The Labute approximate surface area is 107 Å². The van der Waals surface area contributed by atoms with Crippen molar-refractivity contribution in [1.82, 2.24) is 5.32 Å². The van der Waals surface area contributed by atoms with Crippen LogP contribution in [0, 0.1) is 5.82 Å². The van der Waals surface area contributed by atoms with Crippen LogP contribution in [0.3, 0.4) is 0 Å². The van der Waals surface area contributed by atoms with Gasteiger partial charge in [-0.1, -0.05) is 12.5 Å². The molecule has 2 nitrogen and oxygen atoms in total. The van der Waals surface area contributed by atoms with E-state index in [2.05, 4.69) is 5.32 Å². The lowest BCUT2D eigenvalue weighted by molar-refractivity contribution is 0.386. The Balaban J connectivity index is 2.25. The summed E-state index contributed by atoms with van der Waals surface area (Å²) in [5, 5.41) is 3.27. The molecule has 0 aliphatic carbocycles. The van der Waals surface area contributed by atoms with Gasteiger partial charge in [0.05, 0.1) is 7.11 Å². The molecule has 17 heavy (non-hydrogen) atoms. The van der Waals surface area contributed by atoms with Gasteiger partial charge in [0.15, 0.2) is 11.6 Å². The molecule has 0 fully saturated rings. The van der Waals surface area contributed by atoms with Crippen LogP contribution in [0.4, 0.5) is 4.39 Å². The molecule has 0 aliphatic rings. The summed E-state index contributed by atoms with van der Waals surface area (Å²) in [6.45, 7) is 1.62. The minimum atomic E-state index is -0.311. The highest BCUT2D eigenvalue weighted by Crippen LogP contribution is 2.17. The van der Waals surface area contributed by atoms with Crippen LogP contribution in [0.1, 0.15) is 24.8 Å². The first-order chi connectivity index (χ1) is 8.27. The molecule has 4 heteroatoms. The normalized spacial score (nSPS) is 10.5. The van der Waals surface area contributed by atoms with Gasteiger partial charge in [-0.2, -0.15) is 0 Å². The summed E-state index contributed by atoms with van der Waals surface area (Å²) >= 11 is 5.58. The van der Waals surface area contributed by atoms with Crippen molar-refractivity contribution in [3.8, 4) is 5.75 Å². The van der Waals surface area contributed by atoms with Crippen molar-refractivity contribution < 1.29 is 9.13 Å². The lowest BCUT2D eigenvalue weighted by Crippen LogP contribution is -2.14. The molecule has 0 atom stereocenters. The minimum Gasteiger partial charge on any atom is -0.494 e. The molecule has 0 heterocycles. The number of nitrogens with one attached hydrogen (secondary N) is 1. The van der Waals surface area contributed by atoms with E-state index in [1.807, 2.05) is 6.07 Å². The smallest absolute Gasteiger partial charge is 0.165 e. The van der Waals surface area contributed by atoms with Gasteiger partial charge in [0.1, 0.15) is 0 Å². The van der Waals surface area contributed by atoms with Crippen molar-refractivity contribution in [1.29, 1.82) is 0 Å². The molecule has 0 saturated carbocycles. The van der Waals surface area contributed by atoms with E-state index in [-0.39, 0.29) is 11.6 Å². The van der Waals surface area contributed by atoms with E-state index in [0.29, 0.717) is 6.54 Å². The number of unbranched alkanes of at least 4 members (excludes halogenated alkanes) is 2. The van der Waals surface area contributed by atoms with E-state index >= 15 is 0 Å². The molecule has 0 bridgehead atoms. The summed E-state index contributed by atoms with van der Waals surface area (Å²) in [4.78, 5) is 0. The van der Waals surface area contributed by atoms with E-state index in [1.54, 1.807) is 6.07 Å². The standard InChI is InChI=1S/C13H19ClFNO/c1-17-13-6-5-11(9-12(13)15)10-16-8-4-2-3-7-14/h5-6,9,16H,2-4,7-8,10H2,1H3. The van der Waals surface area contributed by atoms with Crippen LogP contribution in [-0.2, 0) is 6.54 Å². The summed E-state index contributed by atoms with van der Waals surface area (Å²) < 4.78 is 18.2. The molecule has 0 aromatic heterocycles. The number of benzene rings is 1. The first kappa shape index (κ1) is 14.3. The van der Waals surface area contributed by atoms with Gasteiger partial charge in [-0.3, -0.25) is 0 Å². The van der Waals surface area contributed by atoms with E-state index in [9.17, 15) is 4.39 Å². The molecule has 1 aromatic carbocycles. The summed E-state index contributed by atoms with van der Waals surface area (Å²) in [5.74, 6) is 0.703. The Morgan fingerprint density at radius 2 is 2.12 bits per heavy atom. The molecule has 0 amide bonds. The van der Waals surface area contributed by atoms with Gasteiger partial charge in [0.25, 0.3) is 0 Å². The molecule has 0 unspecified atom stereocenters. The number of hydrogen-bond acceptors (Lipinski definition) is 2. The number of methoxy groups -OCH3 is 1. The first-order valence-corrected chi connectivity index (χ1v) is 6.40. The largest absolute Gasteiger partial charge is 0.494 e. The van der Waals surface area contributed by atoms with Crippen molar-refractivity contribution in [3.63, 3.8) is 0 Å². The van der Waals surface area contributed by atoms with Gasteiger partial charge in [0.2, 0.25) is 0 Å². The molecular formula is C13H19ClFNO. The van der Waals surface area contributed by atoms with Crippen LogP contribution < -0.4 is 10.1 Å². The third kappa shape index (κ3) is 5.37. The van der Waals surface area contributed by atoms with Gasteiger partial charge in [-0.15, -0.1) is 11.6 Å². The second-order valence-corrected chi connectivity index (χ2v) is 4.27. The third-order valence-electron chi connectivity index (χ3n) is 2.53. The number of hydrogen-bond donors (Lipinski definition) is 1. The monoisotopic (exact) mass is 259 g/mol. The van der Waals surface area contributed by atoms with E-state index < -0.39 is 0 Å². The minimum absolute atomic E-state index is 0.288. The van der Waals surface area contributed by atoms with Crippen molar-refractivity contribution in [2.24, 2.45) is 0 Å². The number of rotatable bonds is 8. The topological polar surface area (TPSA) is 21.3 Å². The highest BCUT2D eigenvalue weighted by atomic mass is 35.5. The van der Waals surface area contributed by atoms with Crippen LogP contribution in [-0.4, -0.2) is 19.5 Å². The number of ether oxygens (including phenoxy) is 1. The lowest BCUT2D eigenvalue weighted by Gasteiger charge is -2.06. The van der Waals surface area contributed by atoms with Gasteiger partial charge in [-0.25, -0.2) is 4.39 Å². The first-order valence-electron chi connectivity index (χ1n) is 5.87. The van der Waals surface area contributed by atoms with E-state index in [4.69, 9.17) is 16.3 Å². The van der Waals surface area contributed by atoms with Gasteiger partial charge in [-0.05, 0) is 37.1 Å². The van der Waals surface area contributed by atoms with Crippen LogP contribution in [0.2, 0.25) is 0 Å². The zero-order valence-electron chi connectivity index (χ0n) is 10.1. The number of alkyl halides is 1. The van der Waals surface area contributed by atoms with Gasteiger partial charge < -0.3 is 10.1 Å². The summed E-state index contributed by atoms with van der Waals surface area (Å²) in [7, 11) is 1.47. The predicted octanol–water partition coefficient (Wildman–Crippen LogP) is 3.33. The fourth-order valence-electron chi connectivity index (χ4n) is 1.57. The van der Waals surface area contributed by atoms with Crippen LogP contribution in [0.15, 0.2) is 18.2 Å². The Kier molecular flexibility index (Phi) is 6.97. The Morgan fingerprint density at radius 3 is 2.76 bits per heavy atom. The quantitative estimate of drug-likeness (QED) is 0.571. The maximum Gasteiger partial charge on any atom is 0.165 e. The second kappa shape index (κ2) is 8.31. The van der Waals surface area contributed by atoms with E-state index in [1.165, 1.54) is 13.2 Å². The average molecular weight is 260 g/mol. The summed E-state index contributed by atoms with van der Waals surface area (Å²) in [6, 6.07) is 5.03. The fraction of sp³-hybridized carbons (Fsp3) is 0.538. The summed E-state index contributed by atoms with van der Waals surface area (Å²) in [6.07, 6.45) is 3.29. The second-order valence-electron chi connectivity index (χ2n) is 3.90. The lowest BCUT2D eigenvalue weighted by atomic mass is 10.2. The molecule has 0 saturated heterocycles. The molecule has 1 aromatic rings. The van der Waals surface area contributed by atoms with E-state index in [0.717, 1.165) is 37.3 Å². The Hall–Kier alpha value is -0.800.